The smallest absolute Gasteiger partial charge is 0.248 e. The number of aromatic nitrogens is 2. The van der Waals surface area contributed by atoms with E-state index in [1.165, 1.54) is 0 Å². The minimum atomic E-state index is 0.426. The van der Waals surface area contributed by atoms with Crippen LogP contribution in [0.3, 0.4) is 0 Å². The van der Waals surface area contributed by atoms with E-state index in [0.29, 0.717) is 24.0 Å². The van der Waals surface area contributed by atoms with Gasteiger partial charge >= 0.3 is 0 Å². The molecule has 7 nitrogen and oxygen atoms in total. The number of rotatable bonds is 6. The van der Waals surface area contributed by atoms with Gasteiger partial charge in [0, 0.05) is 25.3 Å². The van der Waals surface area contributed by atoms with Gasteiger partial charge in [-0.05, 0) is 24.3 Å². The van der Waals surface area contributed by atoms with Crippen LogP contribution in [0.2, 0.25) is 0 Å². The van der Waals surface area contributed by atoms with Crippen molar-refractivity contribution in [3.63, 3.8) is 0 Å². The third-order valence-electron chi connectivity index (χ3n) is 3.98. The van der Waals surface area contributed by atoms with E-state index in [1.54, 1.807) is 14.2 Å². The molecule has 0 saturated carbocycles. The van der Waals surface area contributed by atoms with Crippen LogP contribution in [0.5, 0.6) is 0 Å². The van der Waals surface area contributed by atoms with Crippen LogP contribution in [0.15, 0.2) is 65.1 Å². The van der Waals surface area contributed by atoms with Gasteiger partial charge in [-0.15, -0.1) is 10.2 Å². The van der Waals surface area contributed by atoms with Crippen LogP contribution in [0.1, 0.15) is 0 Å². The van der Waals surface area contributed by atoms with Crippen molar-refractivity contribution in [1.82, 2.24) is 10.2 Å². The molecule has 2 aliphatic rings. The zero-order chi connectivity index (χ0) is 20.3. The number of nitrogens with zero attached hydrogens (tertiary/aromatic N) is 2. The van der Waals surface area contributed by atoms with Crippen molar-refractivity contribution in [3.8, 4) is 22.9 Å². The first-order chi connectivity index (χ1) is 14.3. The SMILES string of the molecule is COCC1CO1.COCC1CO1.c1ccc(-c2nnc(-c3ccccc3)o2)cc1. The number of hydrogen-bond donors (Lipinski definition) is 0. The Labute approximate surface area is 170 Å². The summed E-state index contributed by atoms with van der Waals surface area (Å²) in [6.45, 7) is 3.32. The molecule has 2 aliphatic heterocycles. The van der Waals surface area contributed by atoms with E-state index in [0.717, 1.165) is 37.6 Å². The van der Waals surface area contributed by atoms with Gasteiger partial charge in [-0.25, -0.2) is 0 Å². The molecule has 0 aliphatic carbocycles. The molecule has 2 aromatic carbocycles. The molecule has 7 heteroatoms. The predicted octanol–water partition coefficient (Wildman–Crippen LogP) is 3.47. The fourth-order valence-corrected chi connectivity index (χ4v) is 2.32. The summed E-state index contributed by atoms with van der Waals surface area (Å²) < 4.78 is 24.8. The molecule has 0 amide bonds. The van der Waals surface area contributed by atoms with Gasteiger partial charge in [0.25, 0.3) is 0 Å². The Morgan fingerprint density at radius 3 is 1.38 bits per heavy atom. The van der Waals surface area contributed by atoms with Crippen molar-refractivity contribution in [2.75, 3.05) is 40.6 Å². The first-order valence-corrected chi connectivity index (χ1v) is 9.45. The van der Waals surface area contributed by atoms with Gasteiger partial charge in [0.15, 0.2) is 0 Å². The van der Waals surface area contributed by atoms with Crippen LogP contribution in [0.4, 0.5) is 0 Å². The van der Waals surface area contributed by atoms with Crippen molar-refractivity contribution in [2.45, 2.75) is 12.2 Å². The first-order valence-electron chi connectivity index (χ1n) is 9.45. The molecular weight excluding hydrogens is 372 g/mol. The first kappa shape index (κ1) is 21.1. The van der Waals surface area contributed by atoms with Gasteiger partial charge in [0.05, 0.1) is 26.4 Å². The lowest BCUT2D eigenvalue weighted by Gasteiger charge is -1.93. The molecule has 1 aromatic heterocycles. The fraction of sp³-hybridized carbons (Fsp3) is 0.364. The standard InChI is InChI=1S/C14H10N2O.2C4H8O2/c1-3-7-11(8-4-1)13-15-16-14(17-13)12-9-5-2-6-10-12;2*1-5-2-4-3-6-4/h1-10H;2*4H,2-3H2,1H3. The van der Waals surface area contributed by atoms with Gasteiger partial charge in [-0.1, -0.05) is 36.4 Å². The van der Waals surface area contributed by atoms with E-state index in [4.69, 9.17) is 23.4 Å². The highest BCUT2D eigenvalue weighted by molar-refractivity contribution is 5.57. The van der Waals surface area contributed by atoms with Crippen LogP contribution in [-0.2, 0) is 18.9 Å². The van der Waals surface area contributed by atoms with E-state index in [1.807, 2.05) is 60.7 Å². The largest absolute Gasteiger partial charge is 0.416 e. The summed E-state index contributed by atoms with van der Waals surface area (Å²) >= 11 is 0. The van der Waals surface area contributed by atoms with Crippen LogP contribution in [-0.4, -0.2) is 63.1 Å². The van der Waals surface area contributed by atoms with Gasteiger partial charge in [0.1, 0.15) is 12.2 Å². The summed E-state index contributed by atoms with van der Waals surface area (Å²) in [5.41, 5.74) is 1.87. The molecule has 2 fully saturated rings. The van der Waals surface area contributed by atoms with Gasteiger partial charge in [-0.3, -0.25) is 0 Å². The van der Waals surface area contributed by atoms with Crippen LogP contribution in [0, 0.1) is 0 Å². The molecule has 2 saturated heterocycles. The lowest BCUT2D eigenvalue weighted by atomic mass is 10.2. The summed E-state index contributed by atoms with van der Waals surface area (Å²) in [6.07, 6.45) is 0.852. The summed E-state index contributed by atoms with van der Waals surface area (Å²) in [5.74, 6) is 1.09. The number of methoxy groups -OCH3 is 2. The van der Waals surface area contributed by atoms with Gasteiger partial charge in [0.2, 0.25) is 11.8 Å². The molecule has 29 heavy (non-hydrogen) atoms. The third kappa shape index (κ3) is 7.75. The van der Waals surface area contributed by atoms with Crippen molar-refractivity contribution in [1.29, 1.82) is 0 Å². The highest BCUT2D eigenvalue weighted by atomic mass is 16.6. The normalized spacial score (nSPS) is 18.7. The van der Waals surface area contributed by atoms with Crippen LogP contribution in [0.25, 0.3) is 22.9 Å². The number of epoxide rings is 2. The van der Waals surface area contributed by atoms with E-state index >= 15 is 0 Å². The quantitative estimate of drug-likeness (QED) is 0.588. The van der Waals surface area contributed by atoms with E-state index < -0.39 is 0 Å². The molecular formula is C22H26N2O5. The Hall–Kier alpha value is -2.58. The molecule has 3 heterocycles. The zero-order valence-electron chi connectivity index (χ0n) is 16.7. The second-order valence-corrected chi connectivity index (χ2v) is 6.47. The van der Waals surface area contributed by atoms with Crippen LogP contribution >= 0.6 is 0 Å². The topological polar surface area (TPSA) is 82.4 Å². The van der Waals surface area contributed by atoms with Crippen molar-refractivity contribution in [3.05, 3.63) is 60.7 Å². The molecule has 5 rings (SSSR count). The maximum atomic E-state index is 5.63. The van der Waals surface area contributed by atoms with Crippen LogP contribution < -0.4 is 0 Å². The average molecular weight is 398 g/mol. The van der Waals surface area contributed by atoms with Crippen molar-refractivity contribution >= 4 is 0 Å². The molecule has 0 bridgehead atoms. The Morgan fingerprint density at radius 2 is 1.10 bits per heavy atom. The summed E-state index contributed by atoms with van der Waals surface area (Å²) in [5, 5.41) is 8.09. The third-order valence-corrected chi connectivity index (χ3v) is 3.98. The van der Waals surface area contributed by atoms with E-state index in [9.17, 15) is 0 Å². The summed E-state index contributed by atoms with van der Waals surface area (Å²) in [4.78, 5) is 0. The maximum absolute atomic E-state index is 5.63. The summed E-state index contributed by atoms with van der Waals surface area (Å²) in [6, 6.07) is 19.5. The molecule has 2 atom stereocenters. The molecule has 154 valence electrons. The zero-order valence-corrected chi connectivity index (χ0v) is 16.7. The van der Waals surface area contributed by atoms with E-state index in [2.05, 4.69) is 10.2 Å². The summed E-state index contributed by atoms with van der Waals surface area (Å²) in [7, 11) is 3.36. The average Bonchev–Trinajstić information content (AvgIpc) is 3.71. The fourth-order valence-electron chi connectivity index (χ4n) is 2.32. The lowest BCUT2D eigenvalue weighted by Crippen LogP contribution is -1.94. The number of hydrogen-bond acceptors (Lipinski definition) is 7. The van der Waals surface area contributed by atoms with Crippen molar-refractivity contribution in [2.24, 2.45) is 0 Å². The number of ether oxygens (including phenoxy) is 4. The van der Waals surface area contributed by atoms with E-state index in [-0.39, 0.29) is 0 Å². The highest BCUT2D eigenvalue weighted by Gasteiger charge is 2.21. The number of benzene rings is 2. The molecule has 0 N–H and O–H groups in total. The maximum Gasteiger partial charge on any atom is 0.248 e. The molecule has 0 spiro atoms. The Morgan fingerprint density at radius 1 is 0.724 bits per heavy atom. The van der Waals surface area contributed by atoms with Gasteiger partial charge in [-0.2, -0.15) is 0 Å². The van der Waals surface area contributed by atoms with Gasteiger partial charge < -0.3 is 23.4 Å². The molecule has 3 aromatic rings. The molecule has 0 radical (unpaired) electrons. The minimum absolute atomic E-state index is 0.426. The minimum Gasteiger partial charge on any atom is -0.416 e. The Balaban J connectivity index is 0.000000163. The Kier molecular flexibility index (Phi) is 8.33. The monoisotopic (exact) mass is 398 g/mol. The second-order valence-electron chi connectivity index (χ2n) is 6.47. The lowest BCUT2D eigenvalue weighted by molar-refractivity contribution is 0.171. The predicted molar refractivity (Wildman–Crippen MR) is 108 cm³/mol. The van der Waals surface area contributed by atoms with Crippen molar-refractivity contribution < 1.29 is 23.4 Å². The highest BCUT2D eigenvalue weighted by Crippen LogP contribution is 2.23. The Bertz CT molecular complexity index is 749. The molecule has 2 unspecified atom stereocenters. The second kappa shape index (κ2) is 11.4.